The number of likely N-dealkylation sites (tertiary alicyclic amines) is 1. The lowest BCUT2D eigenvalue weighted by Gasteiger charge is -2.43. The minimum atomic E-state index is -1.27. The summed E-state index contributed by atoms with van der Waals surface area (Å²) in [6.07, 6.45) is -0.631. The molecule has 0 unspecified atom stereocenters. The molecule has 1 aromatic carbocycles. The van der Waals surface area contributed by atoms with Gasteiger partial charge in [0.15, 0.2) is 0 Å². The van der Waals surface area contributed by atoms with Gasteiger partial charge in [0.1, 0.15) is 23.8 Å². The fourth-order valence-electron chi connectivity index (χ4n) is 3.72. The summed E-state index contributed by atoms with van der Waals surface area (Å²) in [5, 5.41) is 39.0. The lowest BCUT2D eigenvalue weighted by Crippen LogP contribution is -2.62. The molecule has 1 saturated heterocycles. The van der Waals surface area contributed by atoms with E-state index in [1.165, 1.54) is 17.9 Å². The molecule has 29 heavy (non-hydrogen) atoms. The van der Waals surface area contributed by atoms with E-state index in [9.17, 15) is 34.0 Å². The quantitative estimate of drug-likeness (QED) is 0.441. The molecule has 4 N–H and O–H groups in total. The molecule has 2 rings (SSSR count). The number of β-amino-alcohol motifs (C(OH)–C–C–N with tert-alkyl or cyclic N) is 1. The molecule has 164 valence electrons. The number of halogens is 2. The SMILES string of the molecule is CC(=O)N(CCCCCCN1C[C@H](O)[C@@H](O)[C@H](O)[C@H]1CO)c1ccc(F)cc1F. The lowest BCUT2D eigenvalue weighted by atomic mass is 9.94. The summed E-state index contributed by atoms with van der Waals surface area (Å²) in [6.45, 7) is 2.03. The van der Waals surface area contributed by atoms with Crippen molar-refractivity contribution < 1.29 is 34.0 Å². The number of amides is 1. The highest BCUT2D eigenvalue weighted by atomic mass is 19.1. The Morgan fingerprint density at radius 3 is 2.45 bits per heavy atom. The van der Waals surface area contributed by atoms with E-state index in [1.807, 2.05) is 0 Å². The Morgan fingerprint density at radius 2 is 1.83 bits per heavy atom. The number of carbonyl (C=O) groups is 1. The number of anilines is 1. The van der Waals surface area contributed by atoms with Crippen molar-refractivity contribution in [3.63, 3.8) is 0 Å². The summed E-state index contributed by atoms with van der Waals surface area (Å²) in [6, 6.07) is 2.50. The zero-order valence-electron chi connectivity index (χ0n) is 16.5. The summed E-state index contributed by atoms with van der Waals surface area (Å²) < 4.78 is 27.0. The summed E-state index contributed by atoms with van der Waals surface area (Å²) in [7, 11) is 0. The fraction of sp³-hybridized carbons (Fsp3) is 0.650. The van der Waals surface area contributed by atoms with Gasteiger partial charge in [-0.3, -0.25) is 9.69 Å². The molecule has 1 heterocycles. The van der Waals surface area contributed by atoms with Crippen LogP contribution in [0.15, 0.2) is 18.2 Å². The Balaban J connectivity index is 1.77. The Morgan fingerprint density at radius 1 is 1.14 bits per heavy atom. The third kappa shape index (κ3) is 6.16. The zero-order valence-corrected chi connectivity index (χ0v) is 16.5. The van der Waals surface area contributed by atoms with Gasteiger partial charge in [0.05, 0.1) is 24.4 Å². The molecule has 7 nitrogen and oxygen atoms in total. The Kier molecular flexibility index (Phi) is 8.91. The van der Waals surface area contributed by atoms with Crippen LogP contribution in [0.2, 0.25) is 0 Å². The monoisotopic (exact) mass is 416 g/mol. The van der Waals surface area contributed by atoms with E-state index in [-0.39, 0.29) is 24.7 Å². The fourth-order valence-corrected chi connectivity index (χ4v) is 3.72. The summed E-state index contributed by atoms with van der Waals surface area (Å²) in [4.78, 5) is 14.9. The number of carbonyl (C=O) groups excluding carboxylic acids is 1. The highest BCUT2D eigenvalue weighted by Gasteiger charge is 2.40. The van der Waals surface area contributed by atoms with E-state index < -0.39 is 36.0 Å². The van der Waals surface area contributed by atoms with E-state index in [4.69, 9.17) is 0 Å². The minimum Gasteiger partial charge on any atom is -0.395 e. The molecule has 1 aromatic rings. The van der Waals surface area contributed by atoms with Gasteiger partial charge in [-0.05, 0) is 31.5 Å². The number of nitrogens with zero attached hydrogens (tertiary/aromatic N) is 2. The van der Waals surface area contributed by atoms with E-state index >= 15 is 0 Å². The molecule has 0 aliphatic carbocycles. The van der Waals surface area contributed by atoms with Crippen LogP contribution in [0.1, 0.15) is 32.6 Å². The van der Waals surface area contributed by atoms with Gasteiger partial charge in [0.25, 0.3) is 0 Å². The van der Waals surface area contributed by atoms with Crippen molar-refractivity contribution in [2.24, 2.45) is 0 Å². The van der Waals surface area contributed by atoms with Crippen molar-refractivity contribution >= 4 is 11.6 Å². The lowest BCUT2D eigenvalue weighted by molar-refractivity contribution is -0.145. The number of hydrogen-bond donors (Lipinski definition) is 4. The second kappa shape index (κ2) is 10.9. The van der Waals surface area contributed by atoms with Gasteiger partial charge in [-0.1, -0.05) is 12.8 Å². The maximum Gasteiger partial charge on any atom is 0.223 e. The van der Waals surface area contributed by atoms with Crippen LogP contribution in [0, 0.1) is 11.6 Å². The maximum absolute atomic E-state index is 13.9. The largest absolute Gasteiger partial charge is 0.395 e. The van der Waals surface area contributed by atoms with Crippen LogP contribution in [0.25, 0.3) is 0 Å². The first kappa shape index (κ1) is 23.6. The van der Waals surface area contributed by atoms with Crippen molar-refractivity contribution in [1.82, 2.24) is 4.90 Å². The van der Waals surface area contributed by atoms with Crippen molar-refractivity contribution in [1.29, 1.82) is 0 Å². The Bertz CT molecular complexity index is 678. The van der Waals surface area contributed by atoms with Crippen molar-refractivity contribution in [3.8, 4) is 0 Å². The molecule has 0 spiro atoms. The maximum atomic E-state index is 13.9. The van der Waals surface area contributed by atoms with Crippen LogP contribution >= 0.6 is 0 Å². The first-order chi connectivity index (χ1) is 13.8. The molecule has 0 saturated carbocycles. The van der Waals surface area contributed by atoms with Crippen molar-refractivity contribution in [2.75, 3.05) is 31.1 Å². The van der Waals surface area contributed by atoms with Crippen molar-refractivity contribution in [2.45, 2.75) is 57.0 Å². The standard InChI is InChI=1S/C20H30F2N2O5/c1-13(26)24(16-7-6-14(21)10-15(16)22)9-5-3-2-4-8-23-11-18(27)20(29)19(28)17(23)12-25/h6-7,10,17-20,25,27-29H,2-5,8-9,11-12H2,1H3/t17-,18+,19-,20-/m1/s1. The number of aliphatic hydroxyl groups is 4. The summed E-state index contributed by atoms with van der Waals surface area (Å²) in [5.41, 5.74) is 0.0551. The van der Waals surface area contributed by atoms with Gasteiger partial charge in [-0.2, -0.15) is 0 Å². The molecule has 0 bridgehead atoms. The van der Waals surface area contributed by atoms with Gasteiger partial charge in [-0.25, -0.2) is 8.78 Å². The van der Waals surface area contributed by atoms with E-state index in [2.05, 4.69) is 0 Å². The molecule has 1 aliphatic heterocycles. The molecule has 1 amide bonds. The van der Waals surface area contributed by atoms with Crippen LogP contribution in [0.3, 0.4) is 0 Å². The van der Waals surface area contributed by atoms with Gasteiger partial charge in [-0.15, -0.1) is 0 Å². The van der Waals surface area contributed by atoms with Crippen LogP contribution in [-0.2, 0) is 4.79 Å². The topological polar surface area (TPSA) is 104 Å². The minimum absolute atomic E-state index is 0.0551. The van der Waals surface area contributed by atoms with Crippen LogP contribution < -0.4 is 4.90 Å². The predicted octanol–water partition coefficient (Wildman–Crippen LogP) is 0.637. The average molecular weight is 416 g/mol. The highest BCUT2D eigenvalue weighted by Crippen LogP contribution is 2.22. The summed E-state index contributed by atoms with van der Waals surface area (Å²) >= 11 is 0. The molecular weight excluding hydrogens is 386 g/mol. The Labute approximate surface area is 169 Å². The first-order valence-electron chi connectivity index (χ1n) is 9.88. The molecular formula is C20H30F2N2O5. The average Bonchev–Trinajstić information content (AvgIpc) is 2.66. The molecule has 4 atom stereocenters. The summed E-state index contributed by atoms with van der Waals surface area (Å²) in [5.74, 6) is -1.80. The molecule has 1 fully saturated rings. The second-order valence-corrected chi connectivity index (χ2v) is 7.47. The number of unbranched alkanes of at least 4 members (excludes halogenated alkanes) is 3. The number of benzene rings is 1. The zero-order chi connectivity index (χ0) is 21.6. The molecule has 0 aromatic heterocycles. The number of piperidine rings is 1. The Hall–Kier alpha value is -1.65. The first-order valence-corrected chi connectivity index (χ1v) is 9.88. The predicted molar refractivity (Wildman–Crippen MR) is 103 cm³/mol. The van der Waals surface area contributed by atoms with Gasteiger partial charge in [0.2, 0.25) is 5.91 Å². The van der Waals surface area contributed by atoms with Crippen LogP contribution in [0.5, 0.6) is 0 Å². The number of aliphatic hydroxyl groups excluding tert-OH is 4. The van der Waals surface area contributed by atoms with E-state index in [0.717, 1.165) is 31.4 Å². The van der Waals surface area contributed by atoms with E-state index in [1.54, 1.807) is 4.90 Å². The third-order valence-electron chi connectivity index (χ3n) is 5.37. The van der Waals surface area contributed by atoms with Crippen LogP contribution in [-0.4, -0.2) is 81.8 Å². The van der Waals surface area contributed by atoms with Gasteiger partial charge >= 0.3 is 0 Å². The van der Waals surface area contributed by atoms with Gasteiger partial charge in [0, 0.05) is 26.1 Å². The van der Waals surface area contributed by atoms with E-state index in [0.29, 0.717) is 19.5 Å². The molecule has 9 heteroatoms. The van der Waals surface area contributed by atoms with Gasteiger partial charge < -0.3 is 25.3 Å². The number of rotatable bonds is 9. The third-order valence-corrected chi connectivity index (χ3v) is 5.37. The normalized spacial score (nSPS) is 25.2. The smallest absolute Gasteiger partial charge is 0.223 e. The molecule has 1 aliphatic rings. The second-order valence-electron chi connectivity index (χ2n) is 7.47. The molecule has 0 radical (unpaired) electrons. The van der Waals surface area contributed by atoms with Crippen molar-refractivity contribution in [3.05, 3.63) is 29.8 Å². The highest BCUT2D eigenvalue weighted by molar-refractivity contribution is 5.91. The number of hydrogen-bond acceptors (Lipinski definition) is 6. The van der Waals surface area contributed by atoms with Crippen LogP contribution in [0.4, 0.5) is 14.5 Å².